The van der Waals surface area contributed by atoms with Gasteiger partial charge in [-0.05, 0) is 71.3 Å². The molecule has 0 radical (unpaired) electrons. The Morgan fingerprint density at radius 2 is 1.68 bits per heavy atom. The largest absolute Gasteiger partial charge is 0.494 e. The number of halogens is 1. The summed E-state index contributed by atoms with van der Waals surface area (Å²) in [6, 6.07) is 22.7. The Labute approximate surface area is 235 Å². The topological polar surface area (TPSA) is 94.2 Å². The van der Waals surface area contributed by atoms with Crippen molar-refractivity contribution in [2.45, 2.75) is 13.5 Å². The minimum absolute atomic E-state index is 0.231. The van der Waals surface area contributed by atoms with E-state index in [1.165, 1.54) is 13.2 Å². The van der Waals surface area contributed by atoms with Gasteiger partial charge >= 0.3 is 6.03 Å². The Hall–Kier alpha value is -4.82. The average molecular weight is 557 g/mol. The molecule has 1 aliphatic rings. The fraction of sp³-hybridized carbons (Fsp3) is 0.129. The Morgan fingerprint density at radius 1 is 0.925 bits per heavy atom. The van der Waals surface area contributed by atoms with Crippen molar-refractivity contribution in [3.05, 3.63) is 101 Å². The minimum atomic E-state index is -0.843. The van der Waals surface area contributed by atoms with Crippen LogP contribution in [-0.2, 0) is 16.2 Å². The summed E-state index contributed by atoms with van der Waals surface area (Å²) >= 11 is 6.58. The smallest absolute Gasteiger partial charge is 0.335 e. The van der Waals surface area contributed by atoms with Gasteiger partial charge in [0, 0.05) is 0 Å². The third kappa shape index (κ3) is 5.34. The van der Waals surface area contributed by atoms with Crippen molar-refractivity contribution >= 4 is 52.0 Å². The number of benzene rings is 4. The van der Waals surface area contributed by atoms with Gasteiger partial charge in [0.05, 0.1) is 24.4 Å². The van der Waals surface area contributed by atoms with E-state index in [9.17, 15) is 14.4 Å². The van der Waals surface area contributed by atoms with Crippen molar-refractivity contribution in [1.82, 2.24) is 5.32 Å². The molecule has 0 atom stereocenters. The van der Waals surface area contributed by atoms with Gasteiger partial charge in [-0.3, -0.25) is 14.9 Å². The second-order valence-electron chi connectivity index (χ2n) is 8.85. The number of barbiturate groups is 1. The zero-order valence-corrected chi connectivity index (χ0v) is 22.5. The lowest BCUT2D eigenvalue weighted by molar-refractivity contribution is -0.122. The van der Waals surface area contributed by atoms with Gasteiger partial charge < -0.3 is 14.2 Å². The van der Waals surface area contributed by atoms with E-state index >= 15 is 0 Å². The third-order valence-electron chi connectivity index (χ3n) is 6.32. The molecule has 1 saturated heterocycles. The Morgan fingerprint density at radius 3 is 2.42 bits per heavy atom. The van der Waals surface area contributed by atoms with Crippen LogP contribution in [0.2, 0.25) is 5.02 Å². The standard InChI is InChI=1S/C31H25ClN2O6/c1-3-39-23-13-11-22(12-14-23)34-30(36)25(29(35)33-31(34)37)15-19-16-26(32)28(27(17-19)38-2)40-18-21-9-6-8-20-7-4-5-10-24(20)21/h4-17H,3,18H2,1-2H3,(H,33,35,37)/b25-15+. The van der Waals surface area contributed by atoms with Gasteiger partial charge in [-0.25, -0.2) is 9.69 Å². The summed E-state index contributed by atoms with van der Waals surface area (Å²) in [5, 5.41) is 4.60. The molecule has 0 aromatic heterocycles. The quantitative estimate of drug-likeness (QED) is 0.207. The van der Waals surface area contributed by atoms with Gasteiger partial charge in [0.15, 0.2) is 11.5 Å². The average Bonchev–Trinajstić information content (AvgIpc) is 2.95. The molecule has 5 rings (SSSR count). The van der Waals surface area contributed by atoms with Crippen molar-refractivity contribution in [3.8, 4) is 17.2 Å². The van der Waals surface area contributed by atoms with Crippen LogP contribution in [0.3, 0.4) is 0 Å². The minimum Gasteiger partial charge on any atom is -0.494 e. The monoisotopic (exact) mass is 556 g/mol. The van der Waals surface area contributed by atoms with Crippen molar-refractivity contribution < 1.29 is 28.6 Å². The van der Waals surface area contributed by atoms with Crippen molar-refractivity contribution in [1.29, 1.82) is 0 Å². The molecule has 9 heteroatoms. The van der Waals surface area contributed by atoms with Gasteiger partial charge in [0.1, 0.15) is 17.9 Å². The molecule has 1 heterocycles. The number of carbonyl (C=O) groups excluding carboxylic acids is 3. The van der Waals surface area contributed by atoms with Crippen LogP contribution in [0.4, 0.5) is 10.5 Å². The number of amides is 4. The van der Waals surface area contributed by atoms with Crippen LogP contribution in [0, 0.1) is 0 Å². The van der Waals surface area contributed by atoms with Crippen molar-refractivity contribution in [3.63, 3.8) is 0 Å². The lowest BCUT2D eigenvalue weighted by Crippen LogP contribution is -2.54. The summed E-state index contributed by atoms with van der Waals surface area (Å²) in [6.07, 6.45) is 1.36. The zero-order chi connectivity index (χ0) is 28.2. The molecular weight excluding hydrogens is 532 g/mol. The first-order valence-electron chi connectivity index (χ1n) is 12.5. The number of hydrogen-bond donors (Lipinski definition) is 1. The van der Waals surface area contributed by atoms with Crippen molar-refractivity contribution in [2.24, 2.45) is 0 Å². The van der Waals surface area contributed by atoms with E-state index in [0.717, 1.165) is 21.2 Å². The summed E-state index contributed by atoms with van der Waals surface area (Å²) in [5.41, 5.74) is 1.44. The summed E-state index contributed by atoms with van der Waals surface area (Å²) in [5.74, 6) is -0.354. The molecule has 4 amide bonds. The molecule has 0 bridgehead atoms. The van der Waals surface area contributed by atoms with E-state index in [1.54, 1.807) is 36.4 Å². The van der Waals surface area contributed by atoms with E-state index in [2.05, 4.69) is 5.32 Å². The van der Waals surface area contributed by atoms with Crippen LogP contribution in [0.1, 0.15) is 18.1 Å². The number of hydrogen-bond acceptors (Lipinski definition) is 6. The first-order chi connectivity index (χ1) is 19.4. The number of carbonyl (C=O) groups is 3. The van der Waals surface area contributed by atoms with Crippen LogP contribution < -0.4 is 24.4 Å². The van der Waals surface area contributed by atoms with Crippen LogP contribution in [-0.4, -0.2) is 31.6 Å². The maximum absolute atomic E-state index is 13.3. The number of urea groups is 1. The molecule has 40 heavy (non-hydrogen) atoms. The van der Waals surface area contributed by atoms with Gasteiger partial charge in [-0.15, -0.1) is 0 Å². The highest BCUT2D eigenvalue weighted by Gasteiger charge is 2.37. The summed E-state index contributed by atoms with van der Waals surface area (Å²) in [7, 11) is 1.47. The molecule has 202 valence electrons. The fourth-order valence-electron chi connectivity index (χ4n) is 4.45. The normalized spacial score (nSPS) is 14.4. The van der Waals surface area contributed by atoms with Gasteiger partial charge in [-0.2, -0.15) is 0 Å². The highest BCUT2D eigenvalue weighted by molar-refractivity contribution is 6.39. The summed E-state index contributed by atoms with van der Waals surface area (Å²) < 4.78 is 17.0. The number of rotatable bonds is 8. The first-order valence-corrected chi connectivity index (χ1v) is 12.9. The molecule has 4 aromatic rings. The molecule has 1 N–H and O–H groups in total. The number of nitrogens with one attached hydrogen (secondary N) is 1. The molecule has 0 unspecified atom stereocenters. The number of methoxy groups -OCH3 is 1. The van der Waals surface area contributed by atoms with Gasteiger partial charge in [-0.1, -0.05) is 54.1 Å². The lowest BCUT2D eigenvalue weighted by Gasteiger charge is -2.26. The van der Waals surface area contributed by atoms with Crippen molar-refractivity contribution in [2.75, 3.05) is 18.6 Å². The molecule has 1 aliphatic heterocycles. The molecule has 8 nitrogen and oxygen atoms in total. The molecule has 4 aromatic carbocycles. The molecule has 0 aliphatic carbocycles. The third-order valence-corrected chi connectivity index (χ3v) is 6.60. The van der Waals surface area contributed by atoms with Crippen LogP contribution in [0.25, 0.3) is 16.8 Å². The van der Waals surface area contributed by atoms with E-state index in [4.69, 9.17) is 25.8 Å². The predicted molar refractivity (Wildman–Crippen MR) is 153 cm³/mol. The Bertz CT molecular complexity index is 1640. The summed E-state index contributed by atoms with van der Waals surface area (Å²) in [4.78, 5) is 39.4. The first kappa shape index (κ1) is 26.8. The molecule has 0 saturated carbocycles. The highest BCUT2D eigenvalue weighted by atomic mass is 35.5. The fourth-order valence-corrected chi connectivity index (χ4v) is 4.72. The number of imide groups is 2. The highest BCUT2D eigenvalue weighted by Crippen LogP contribution is 2.38. The van der Waals surface area contributed by atoms with E-state index in [0.29, 0.717) is 29.4 Å². The number of nitrogens with zero attached hydrogens (tertiary/aromatic N) is 1. The summed E-state index contributed by atoms with van der Waals surface area (Å²) in [6.45, 7) is 2.57. The number of fused-ring (bicyclic) bond motifs is 1. The van der Waals surface area contributed by atoms with E-state index < -0.39 is 17.8 Å². The van der Waals surface area contributed by atoms with Crippen LogP contribution in [0.5, 0.6) is 17.2 Å². The molecule has 0 spiro atoms. The van der Waals surface area contributed by atoms with Crippen LogP contribution >= 0.6 is 11.6 Å². The predicted octanol–water partition coefficient (Wildman–Crippen LogP) is 6.15. The number of anilines is 1. The molecular formula is C31H25ClN2O6. The maximum Gasteiger partial charge on any atom is 0.335 e. The second-order valence-corrected chi connectivity index (χ2v) is 9.25. The van der Waals surface area contributed by atoms with Gasteiger partial charge in [0.2, 0.25) is 0 Å². The maximum atomic E-state index is 13.3. The Balaban J connectivity index is 1.42. The van der Waals surface area contributed by atoms with Crippen LogP contribution in [0.15, 0.2) is 84.4 Å². The SMILES string of the molecule is CCOc1ccc(N2C(=O)NC(=O)/C(=C\c3cc(Cl)c(OCc4cccc5ccccc45)c(OC)c3)C2=O)cc1. The number of ether oxygens (including phenoxy) is 3. The van der Waals surface area contributed by atoms with E-state index in [-0.39, 0.29) is 22.9 Å². The van der Waals surface area contributed by atoms with Gasteiger partial charge in [0.25, 0.3) is 11.8 Å². The molecule has 1 fully saturated rings. The zero-order valence-electron chi connectivity index (χ0n) is 21.8. The second kappa shape index (κ2) is 11.5. The lowest BCUT2D eigenvalue weighted by atomic mass is 10.1. The van der Waals surface area contributed by atoms with E-state index in [1.807, 2.05) is 49.4 Å². The Kier molecular flexibility index (Phi) is 7.70.